The first-order chi connectivity index (χ1) is 17.6. The third-order valence-electron chi connectivity index (χ3n) is 7.11. The summed E-state index contributed by atoms with van der Waals surface area (Å²) in [5, 5.41) is 49.5. The number of aliphatic imine (C=N–C) groups is 1. The number of amides is 1. The van der Waals surface area contributed by atoms with E-state index in [0.29, 0.717) is 6.34 Å². The molecule has 0 spiro atoms. The van der Waals surface area contributed by atoms with Crippen molar-refractivity contribution in [3.63, 3.8) is 0 Å². The number of amidine groups is 1. The molecule has 13 heteroatoms. The number of carbonyl (C=O) groups is 2. The number of aliphatic hydroxyl groups excluding tert-OH is 3. The van der Waals surface area contributed by atoms with E-state index in [1.165, 1.54) is 12.1 Å². The molecule has 2 aliphatic rings. The normalized spacial score (nSPS) is 26.8. The van der Waals surface area contributed by atoms with Crippen LogP contribution in [-0.2, 0) is 24.6 Å². The second-order valence-electron chi connectivity index (χ2n) is 9.67. The molecule has 1 aliphatic carbocycles. The first-order valence-electron chi connectivity index (χ1n) is 12.0. The molecule has 6 N–H and O–H groups in total. The fourth-order valence-corrected chi connectivity index (χ4v) is 4.84. The highest BCUT2D eigenvalue weighted by Gasteiger charge is 2.57. The fraction of sp³-hybridized carbons (Fsp3) is 0.625. The zero-order chi connectivity index (χ0) is 27.2. The molecule has 2 fully saturated rings. The number of nitrogens with zero attached hydrogens (tertiary/aromatic N) is 2. The molecule has 1 saturated heterocycles. The van der Waals surface area contributed by atoms with Gasteiger partial charge in [-0.1, -0.05) is 19.3 Å². The number of ether oxygens (including phenoxy) is 3. The lowest BCUT2D eigenvalue weighted by Crippen LogP contribution is -2.41. The molecular weight excluding hydrogens is 486 g/mol. The molecule has 1 aromatic rings. The lowest BCUT2D eigenvalue weighted by atomic mass is 9.71. The van der Waals surface area contributed by atoms with Crippen LogP contribution in [0.2, 0.25) is 0 Å². The van der Waals surface area contributed by atoms with E-state index in [0.717, 1.165) is 32.1 Å². The number of rotatable bonds is 8. The van der Waals surface area contributed by atoms with Crippen LogP contribution in [0.3, 0.4) is 0 Å². The Hall–Kier alpha value is -3.31. The van der Waals surface area contributed by atoms with Crippen LogP contribution >= 0.6 is 0 Å². The van der Waals surface area contributed by atoms with Gasteiger partial charge in [-0.25, -0.2) is 9.79 Å². The molecule has 202 valence electrons. The van der Waals surface area contributed by atoms with Crippen molar-refractivity contribution in [1.29, 1.82) is 10.7 Å². The van der Waals surface area contributed by atoms with Crippen LogP contribution in [0.4, 0.5) is 4.79 Å². The lowest BCUT2D eigenvalue weighted by molar-refractivity contribution is -0.164. The Labute approximate surface area is 213 Å². The summed E-state index contributed by atoms with van der Waals surface area (Å²) in [6, 6.07) is 4.67. The van der Waals surface area contributed by atoms with Crippen molar-refractivity contribution in [1.82, 2.24) is 10.3 Å². The number of H-pyrrole nitrogens is 1. The van der Waals surface area contributed by atoms with Crippen molar-refractivity contribution in [2.24, 2.45) is 16.3 Å². The van der Waals surface area contributed by atoms with Crippen LogP contribution in [0.15, 0.2) is 17.1 Å². The van der Waals surface area contributed by atoms with Crippen LogP contribution in [0.25, 0.3) is 0 Å². The van der Waals surface area contributed by atoms with E-state index < -0.39 is 48.2 Å². The Morgan fingerprint density at radius 1 is 1.32 bits per heavy atom. The molecule has 0 unspecified atom stereocenters. The van der Waals surface area contributed by atoms with E-state index in [1.807, 2.05) is 19.9 Å². The number of esters is 1. The largest absolute Gasteiger partial charge is 0.462 e. The summed E-state index contributed by atoms with van der Waals surface area (Å²) < 4.78 is 15.7. The average Bonchev–Trinajstić information content (AvgIpc) is 3.47. The summed E-state index contributed by atoms with van der Waals surface area (Å²) in [4.78, 5) is 31.1. The van der Waals surface area contributed by atoms with Crippen molar-refractivity contribution < 1.29 is 39.1 Å². The minimum atomic E-state index is -2.05. The predicted molar refractivity (Wildman–Crippen MR) is 128 cm³/mol. The maximum atomic E-state index is 12.9. The molecule has 0 radical (unpaired) electrons. The zero-order valence-corrected chi connectivity index (χ0v) is 20.8. The lowest BCUT2D eigenvalue weighted by Gasteiger charge is -2.35. The van der Waals surface area contributed by atoms with Crippen LogP contribution in [0, 0.1) is 28.1 Å². The number of aliphatic hydroxyl groups is 3. The van der Waals surface area contributed by atoms with Crippen LogP contribution < -0.4 is 5.32 Å². The van der Waals surface area contributed by atoms with Gasteiger partial charge in [-0.2, -0.15) is 5.26 Å². The third kappa shape index (κ3) is 5.83. The van der Waals surface area contributed by atoms with Gasteiger partial charge >= 0.3 is 12.1 Å². The molecule has 1 saturated carbocycles. The second-order valence-corrected chi connectivity index (χ2v) is 9.67. The summed E-state index contributed by atoms with van der Waals surface area (Å²) in [5.41, 5.74) is -2.62. The quantitative estimate of drug-likeness (QED) is 0.125. The SMILES string of the molecule is CC(C)(C(=O)OC[C@H]1O[C@@](C#N)(c2ccc(/C(=N\C=N)NC(=O)OCO)[nH]2)[C@H](O)[C@@H]1O)C1CCCCC1. The first-order valence-corrected chi connectivity index (χ1v) is 12.0. The van der Waals surface area contributed by atoms with Crippen molar-refractivity contribution in [2.45, 2.75) is 69.9 Å². The van der Waals surface area contributed by atoms with Crippen molar-refractivity contribution in [3.05, 3.63) is 23.5 Å². The van der Waals surface area contributed by atoms with Gasteiger partial charge in [-0.05, 0) is 44.7 Å². The maximum Gasteiger partial charge on any atom is 0.414 e. The molecule has 2 heterocycles. The Bertz CT molecular complexity index is 1060. The molecule has 0 aromatic carbocycles. The number of alkyl carbamates (subject to hydrolysis) is 1. The minimum absolute atomic E-state index is 0.0305. The fourth-order valence-electron chi connectivity index (χ4n) is 4.84. The molecular formula is C24H33N5O8. The van der Waals surface area contributed by atoms with Gasteiger partial charge in [0.1, 0.15) is 37.3 Å². The summed E-state index contributed by atoms with van der Waals surface area (Å²) in [5.74, 6) is -0.421. The van der Waals surface area contributed by atoms with Gasteiger partial charge < -0.3 is 34.5 Å². The highest BCUT2D eigenvalue weighted by molar-refractivity contribution is 6.07. The van der Waals surface area contributed by atoms with E-state index in [1.54, 1.807) is 0 Å². The summed E-state index contributed by atoms with van der Waals surface area (Å²) in [6.07, 6.45) is 0.335. The molecule has 13 nitrogen and oxygen atoms in total. The molecule has 1 aromatic heterocycles. The molecule has 3 rings (SSSR count). The third-order valence-corrected chi connectivity index (χ3v) is 7.11. The standard InChI is InChI=1S/C24H33N5O8/c1-23(2,14-6-4-3-5-7-14)21(33)35-10-16-18(31)19(32)24(11-25,37-16)17-9-8-15(28-17)20(27-12-26)29-22(34)36-13-30/h8-9,12,14,16,18-19,28,30-32H,3-7,10,13H2,1-2H3,(H2,26,27,29,34)/t16-,18-,19-,24+/m1/s1. The topological polar surface area (TPSA) is 210 Å². The van der Waals surface area contributed by atoms with Gasteiger partial charge in [0.05, 0.1) is 16.8 Å². The van der Waals surface area contributed by atoms with Crippen LogP contribution in [-0.4, -0.2) is 76.3 Å². The van der Waals surface area contributed by atoms with Crippen molar-refractivity contribution in [2.75, 3.05) is 13.4 Å². The Morgan fingerprint density at radius 2 is 2.03 bits per heavy atom. The second kappa shape index (κ2) is 11.8. The van der Waals surface area contributed by atoms with E-state index in [-0.39, 0.29) is 29.7 Å². The zero-order valence-electron chi connectivity index (χ0n) is 20.8. The van der Waals surface area contributed by atoms with E-state index in [4.69, 9.17) is 20.0 Å². The highest BCUT2D eigenvalue weighted by Crippen LogP contribution is 2.41. The van der Waals surface area contributed by atoms with Gasteiger partial charge in [0.25, 0.3) is 0 Å². The summed E-state index contributed by atoms with van der Waals surface area (Å²) in [7, 11) is 0. The Kier molecular flexibility index (Phi) is 9.03. The number of aromatic nitrogens is 1. The Balaban J connectivity index is 1.75. The number of carbonyl (C=O) groups excluding carboxylic acids is 2. The van der Waals surface area contributed by atoms with Gasteiger partial charge in [-0.3, -0.25) is 15.5 Å². The van der Waals surface area contributed by atoms with E-state index in [2.05, 4.69) is 20.0 Å². The molecule has 37 heavy (non-hydrogen) atoms. The van der Waals surface area contributed by atoms with Gasteiger partial charge in [-0.15, -0.1) is 0 Å². The van der Waals surface area contributed by atoms with Gasteiger partial charge in [0, 0.05) is 0 Å². The van der Waals surface area contributed by atoms with Crippen molar-refractivity contribution >= 4 is 24.2 Å². The number of nitrogens with one attached hydrogen (secondary N) is 3. The smallest absolute Gasteiger partial charge is 0.414 e. The number of nitriles is 1. The average molecular weight is 520 g/mol. The molecule has 0 bridgehead atoms. The highest BCUT2D eigenvalue weighted by atomic mass is 16.6. The number of hydrogen-bond acceptors (Lipinski definition) is 10. The monoisotopic (exact) mass is 519 g/mol. The van der Waals surface area contributed by atoms with E-state index >= 15 is 0 Å². The minimum Gasteiger partial charge on any atom is -0.462 e. The maximum absolute atomic E-state index is 12.9. The van der Waals surface area contributed by atoms with Crippen LogP contribution in [0.1, 0.15) is 57.3 Å². The number of aromatic amines is 1. The van der Waals surface area contributed by atoms with Crippen molar-refractivity contribution in [3.8, 4) is 6.07 Å². The predicted octanol–water partition coefficient (Wildman–Crippen LogP) is 1.03. The number of hydrogen-bond donors (Lipinski definition) is 6. The van der Waals surface area contributed by atoms with Crippen LogP contribution in [0.5, 0.6) is 0 Å². The summed E-state index contributed by atoms with van der Waals surface area (Å²) in [6.45, 7) is 2.44. The first kappa shape index (κ1) is 28.3. The molecule has 4 atom stereocenters. The molecule has 1 amide bonds. The molecule has 1 aliphatic heterocycles. The van der Waals surface area contributed by atoms with E-state index in [9.17, 15) is 25.1 Å². The Morgan fingerprint density at radius 3 is 2.65 bits per heavy atom. The van der Waals surface area contributed by atoms with Gasteiger partial charge in [0.2, 0.25) is 5.60 Å². The summed E-state index contributed by atoms with van der Waals surface area (Å²) >= 11 is 0. The van der Waals surface area contributed by atoms with Gasteiger partial charge in [0.15, 0.2) is 12.6 Å².